The van der Waals surface area contributed by atoms with Gasteiger partial charge in [0.1, 0.15) is 0 Å². The van der Waals surface area contributed by atoms with Crippen molar-refractivity contribution in [2.24, 2.45) is 5.92 Å². The van der Waals surface area contributed by atoms with Crippen molar-refractivity contribution in [2.75, 3.05) is 26.8 Å². The van der Waals surface area contributed by atoms with Crippen molar-refractivity contribution in [1.82, 2.24) is 4.90 Å². The van der Waals surface area contributed by atoms with Crippen LogP contribution in [0.5, 0.6) is 0 Å². The van der Waals surface area contributed by atoms with Crippen LogP contribution in [-0.4, -0.2) is 37.7 Å². The van der Waals surface area contributed by atoms with Crippen LogP contribution in [0.1, 0.15) is 26.7 Å². The van der Waals surface area contributed by atoms with Crippen LogP contribution in [0, 0.1) is 5.92 Å². The van der Waals surface area contributed by atoms with Crippen LogP contribution >= 0.6 is 0 Å². The fraction of sp³-hybridized carbons (Fsp3) is 1.00. The Morgan fingerprint density at radius 3 is 2.75 bits per heavy atom. The van der Waals surface area contributed by atoms with E-state index in [4.69, 9.17) is 4.74 Å². The summed E-state index contributed by atoms with van der Waals surface area (Å²) >= 11 is 0. The Bertz CT molecular complexity index is 125. The Kier molecular flexibility index (Phi) is 4.02. The highest BCUT2D eigenvalue weighted by Gasteiger charge is 2.20. The van der Waals surface area contributed by atoms with Gasteiger partial charge in [-0.05, 0) is 32.4 Å². The number of nitrogens with zero attached hydrogens (tertiary/aromatic N) is 1. The van der Waals surface area contributed by atoms with Crippen LogP contribution < -0.4 is 0 Å². The van der Waals surface area contributed by atoms with E-state index in [-0.39, 0.29) is 0 Å². The van der Waals surface area contributed by atoms with Crippen LogP contribution in [0.15, 0.2) is 0 Å². The first kappa shape index (κ1) is 10.0. The molecule has 1 aliphatic heterocycles. The average molecular weight is 171 g/mol. The number of likely N-dealkylation sites (N-methyl/N-ethyl adjacent to an activating group) is 1. The average Bonchev–Trinajstić information content (AvgIpc) is 2.36. The maximum absolute atomic E-state index is 5.61. The van der Waals surface area contributed by atoms with E-state index >= 15 is 0 Å². The van der Waals surface area contributed by atoms with E-state index in [2.05, 4.69) is 25.8 Å². The minimum absolute atomic E-state index is 0.664. The molecule has 1 fully saturated rings. The van der Waals surface area contributed by atoms with Gasteiger partial charge in [-0.15, -0.1) is 0 Å². The minimum atomic E-state index is 0.664. The molecule has 0 aliphatic carbocycles. The van der Waals surface area contributed by atoms with Crippen molar-refractivity contribution in [3.05, 3.63) is 0 Å². The largest absolute Gasteiger partial charge is 0.380 e. The molecule has 0 aromatic carbocycles. The molecule has 0 amide bonds. The number of rotatable bonds is 4. The highest BCUT2D eigenvalue weighted by atomic mass is 16.5. The molecule has 72 valence electrons. The molecule has 1 saturated heterocycles. The molecule has 0 radical (unpaired) electrons. The van der Waals surface area contributed by atoms with Crippen molar-refractivity contribution < 1.29 is 4.74 Å². The van der Waals surface area contributed by atoms with Gasteiger partial charge in [-0.3, -0.25) is 0 Å². The van der Waals surface area contributed by atoms with E-state index in [0.29, 0.717) is 12.0 Å². The zero-order valence-electron chi connectivity index (χ0n) is 8.55. The van der Waals surface area contributed by atoms with Crippen LogP contribution in [0.3, 0.4) is 0 Å². The standard InChI is InChI=1S/C10H21NO/c1-9(2)7-12-8-10-5-4-6-11(10)3/h9-10H,4-8H2,1-3H3. The van der Waals surface area contributed by atoms with Crippen molar-refractivity contribution in [3.63, 3.8) is 0 Å². The van der Waals surface area contributed by atoms with Gasteiger partial charge >= 0.3 is 0 Å². The van der Waals surface area contributed by atoms with Crippen molar-refractivity contribution in [1.29, 1.82) is 0 Å². The van der Waals surface area contributed by atoms with Crippen LogP contribution in [-0.2, 0) is 4.74 Å². The molecule has 0 aromatic heterocycles. The summed E-state index contributed by atoms with van der Waals surface area (Å²) in [5.41, 5.74) is 0. The topological polar surface area (TPSA) is 12.5 Å². The molecule has 0 saturated carbocycles. The molecule has 1 rings (SSSR count). The number of likely N-dealkylation sites (tertiary alicyclic amines) is 1. The van der Waals surface area contributed by atoms with Crippen LogP contribution in [0.2, 0.25) is 0 Å². The summed E-state index contributed by atoms with van der Waals surface area (Å²) in [6.07, 6.45) is 2.65. The Morgan fingerprint density at radius 1 is 1.50 bits per heavy atom. The van der Waals surface area contributed by atoms with Gasteiger partial charge in [0.2, 0.25) is 0 Å². The summed E-state index contributed by atoms with van der Waals surface area (Å²) in [7, 11) is 2.19. The molecule has 0 aromatic rings. The quantitative estimate of drug-likeness (QED) is 0.639. The lowest BCUT2D eigenvalue weighted by Crippen LogP contribution is -2.29. The summed E-state index contributed by atoms with van der Waals surface area (Å²) in [5, 5.41) is 0. The summed E-state index contributed by atoms with van der Waals surface area (Å²) < 4.78 is 5.61. The Labute approximate surface area is 75.9 Å². The number of ether oxygens (including phenoxy) is 1. The molecule has 1 atom stereocenters. The lowest BCUT2D eigenvalue weighted by atomic mass is 10.2. The zero-order chi connectivity index (χ0) is 8.97. The summed E-state index contributed by atoms with van der Waals surface area (Å²) in [6, 6.07) is 0.684. The molecule has 2 heteroatoms. The molecule has 0 N–H and O–H groups in total. The summed E-state index contributed by atoms with van der Waals surface area (Å²) in [5.74, 6) is 0.664. The third kappa shape index (κ3) is 3.11. The van der Waals surface area contributed by atoms with Crippen LogP contribution in [0.25, 0.3) is 0 Å². The molecule has 1 heterocycles. The predicted molar refractivity (Wildman–Crippen MR) is 51.3 cm³/mol. The Hall–Kier alpha value is -0.0800. The summed E-state index contributed by atoms with van der Waals surface area (Å²) in [4.78, 5) is 2.40. The maximum Gasteiger partial charge on any atom is 0.0621 e. The highest BCUT2D eigenvalue weighted by Crippen LogP contribution is 2.14. The first-order valence-corrected chi connectivity index (χ1v) is 4.98. The fourth-order valence-electron chi connectivity index (χ4n) is 1.63. The smallest absolute Gasteiger partial charge is 0.0621 e. The van der Waals surface area contributed by atoms with E-state index in [1.807, 2.05) is 0 Å². The minimum Gasteiger partial charge on any atom is -0.380 e. The normalized spacial score (nSPS) is 25.5. The third-order valence-electron chi connectivity index (χ3n) is 2.43. The SMILES string of the molecule is CC(C)COCC1CCCN1C. The lowest BCUT2D eigenvalue weighted by molar-refractivity contribution is 0.0689. The van der Waals surface area contributed by atoms with E-state index in [1.165, 1.54) is 19.4 Å². The second kappa shape index (κ2) is 4.83. The van der Waals surface area contributed by atoms with Gasteiger partial charge < -0.3 is 9.64 Å². The van der Waals surface area contributed by atoms with Gasteiger partial charge in [0, 0.05) is 12.6 Å². The molecule has 1 aliphatic rings. The van der Waals surface area contributed by atoms with Crippen molar-refractivity contribution in [3.8, 4) is 0 Å². The van der Waals surface area contributed by atoms with E-state index < -0.39 is 0 Å². The first-order valence-electron chi connectivity index (χ1n) is 4.98. The zero-order valence-corrected chi connectivity index (χ0v) is 8.55. The lowest BCUT2D eigenvalue weighted by Gasteiger charge is -2.19. The van der Waals surface area contributed by atoms with Crippen LogP contribution in [0.4, 0.5) is 0 Å². The van der Waals surface area contributed by atoms with Gasteiger partial charge in [0.15, 0.2) is 0 Å². The van der Waals surface area contributed by atoms with Gasteiger partial charge in [-0.25, -0.2) is 0 Å². The molecule has 2 nitrogen and oxygen atoms in total. The van der Waals surface area contributed by atoms with Gasteiger partial charge in [-0.2, -0.15) is 0 Å². The van der Waals surface area contributed by atoms with E-state index in [0.717, 1.165) is 13.2 Å². The first-order chi connectivity index (χ1) is 5.70. The summed E-state index contributed by atoms with van der Waals surface area (Å²) in [6.45, 7) is 7.46. The van der Waals surface area contributed by atoms with E-state index in [1.54, 1.807) is 0 Å². The molecular formula is C10H21NO. The fourth-order valence-corrected chi connectivity index (χ4v) is 1.63. The van der Waals surface area contributed by atoms with Crippen molar-refractivity contribution >= 4 is 0 Å². The monoisotopic (exact) mass is 171 g/mol. The van der Waals surface area contributed by atoms with Gasteiger partial charge in [0.05, 0.1) is 6.61 Å². The van der Waals surface area contributed by atoms with Crippen molar-refractivity contribution in [2.45, 2.75) is 32.7 Å². The van der Waals surface area contributed by atoms with Gasteiger partial charge in [0.25, 0.3) is 0 Å². The Morgan fingerprint density at radius 2 is 2.25 bits per heavy atom. The third-order valence-corrected chi connectivity index (χ3v) is 2.43. The van der Waals surface area contributed by atoms with Gasteiger partial charge in [-0.1, -0.05) is 13.8 Å². The second-order valence-electron chi connectivity index (χ2n) is 4.21. The Balaban J connectivity index is 2.06. The molecule has 0 bridgehead atoms. The molecule has 0 spiro atoms. The van der Waals surface area contributed by atoms with E-state index in [9.17, 15) is 0 Å². The second-order valence-corrected chi connectivity index (χ2v) is 4.21. The number of hydrogen-bond acceptors (Lipinski definition) is 2. The maximum atomic E-state index is 5.61. The highest BCUT2D eigenvalue weighted by molar-refractivity contribution is 4.75. The molecular weight excluding hydrogens is 150 g/mol. The number of hydrogen-bond donors (Lipinski definition) is 0. The predicted octanol–water partition coefficient (Wildman–Crippen LogP) is 1.75. The molecule has 1 unspecified atom stereocenters. The molecule has 12 heavy (non-hydrogen) atoms.